The fourth-order valence-electron chi connectivity index (χ4n) is 3.25. The number of ether oxygens (including phenoxy) is 1. The molecule has 0 bridgehead atoms. The van der Waals surface area contributed by atoms with E-state index in [9.17, 15) is 0 Å². The van der Waals surface area contributed by atoms with E-state index in [1.54, 1.807) is 6.20 Å². The summed E-state index contributed by atoms with van der Waals surface area (Å²) in [6, 6.07) is 4.14. The molecule has 2 aromatic heterocycles. The molecule has 0 radical (unpaired) electrons. The minimum Gasteiger partial charge on any atom is -0.381 e. The summed E-state index contributed by atoms with van der Waals surface area (Å²) < 4.78 is 7.75. The molecule has 0 spiro atoms. The maximum atomic E-state index is 5.45. The molecule has 2 aliphatic rings. The van der Waals surface area contributed by atoms with Gasteiger partial charge in [0, 0.05) is 44.6 Å². The Morgan fingerprint density at radius 2 is 2.05 bits per heavy atom. The lowest BCUT2D eigenvalue weighted by molar-refractivity contribution is 0.0826. The highest BCUT2D eigenvalue weighted by Crippen LogP contribution is 2.30. The average molecular weight is 285 g/mol. The Bertz CT molecular complexity index is 606. The zero-order chi connectivity index (χ0) is 14.1. The SMILES string of the molecule is c1cncc(C2NCCn3c(C4CCOCC4)nnc32)c1. The molecule has 2 aromatic rings. The van der Waals surface area contributed by atoms with Crippen molar-refractivity contribution in [3.8, 4) is 0 Å². The van der Waals surface area contributed by atoms with Crippen molar-refractivity contribution in [3.63, 3.8) is 0 Å². The minimum atomic E-state index is 0.0912. The van der Waals surface area contributed by atoms with E-state index in [1.165, 1.54) is 0 Å². The third-order valence-electron chi connectivity index (χ3n) is 4.35. The molecule has 0 amide bonds. The average Bonchev–Trinajstić information content (AvgIpc) is 3.00. The van der Waals surface area contributed by atoms with Crippen LogP contribution in [0.3, 0.4) is 0 Å². The second kappa shape index (κ2) is 5.54. The van der Waals surface area contributed by atoms with Crippen LogP contribution in [-0.2, 0) is 11.3 Å². The van der Waals surface area contributed by atoms with Crippen molar-refractivity contribution in [2.45, 2.75) is 31.3 Å². The van der Waals surface area contributed by atoms with Gasteiger partial charge in [0.1, 0.15) is 5.82 Å². The van der Waals surface area contributed by atoms with Gasteiger partial charge in [0.2, 0.25) is 0 Å². The van der Waals surface area contributed by atoms with E-state index in [1.807, 2.05) is 12.3 Å². The Morgan fingerprint density at radius 3 is 2.86 bits per heavy atom. The zero-order valence-electron chi connectivity index (χ0n) is 11.9. The summed E-state index contributed by atoms with van der Waals surface area (Å²) in [5.41, 5.74) is 1.14. The molecule has 110 valence electrons. The highest BCUT2D eigenvalue weighted by Gasteiger charge is 2.29. The van der Waals surface area contributed by atoms with Crippen LogP contribution in [0.25, 0.3) is 0 Å². The van der Waals surface area contributed by atoms with Crippen molar-refractivity contribution in [2.75, 3.05) is 19.8 Å². The van der Waals surface area contributed by atoms with Gasteiger partial charge in [-0.2, -0.15) is 0 Å². The third-order valence-corrected chi connectivity index (χ3v) is 4.35. The van der Waals surface area contributed by atoms with Crippen molar-refractivity contribution in [3.05, 3.63) is 41.7 Å². The lowest BCUT2D eigenvalue weighted by Gasteiger charge is -2.27. The molecule has 2 aliphatic heterocycles. The van der Waals surface area contributed by atoms with Crippen LogP contribution < -0.4 is 5.32 Å². The number of fused-ring (bicyclic) bond motifs is 1. The molecule has 21 heavy (non-hydrogen) atoms. The normalized spacial score (nSPS) is 23.0. The van der Waals surface area contributed by atoms with Crippen molar-refractivity contribution in [1.82, 2.24) is 25.1 Å². The van der Waals surface area contributed by atoms with Gasteiger partial charge in [-0.25, -0.2) is 0 Å². The van der Waals surface area contributed by atoms with Crippen molar-refractivity contribution >= 4 is 0 Å². The van der Waals surface area contributed by atoms with Gasteiger partial charge in [-0.05, 0) is 24.5 Å². The Hall–Kier alpha value is -1.79. The summed E-state index contributed by atoms with van der Waals surface area (Å²) in [4.78, 5) is 4.22. The summed E-state index contributed by atoms with van der Waals surface area (Å²) in [5, 5.41) is 12.5. The lowest BCUT2D eigenvalue weighted by atomic mass is 9.99. The smallest absolute Gasteiger partial charge is 0.154 e. The highest BCUT2D eigenvalue weighted by molar-refractivity contribution is 5.24. The molecule has 1 unspecified atom stereocenters. The van der Waals surface area contributed by atoms with Gasteiger partial charge in [0.15, 0.2) is 5.82 Å². The maximum Gasteiger partial charge on any atom is 0.154 e. The minimum absolute atomic E-state index is 0.0912. The number of rotatable bonds is 2. The molecule has 1 fully saturated rings. The topological polar surface area (TPSA) is 64.9 Å². The van der Waals surface area contributed by atoms with Crippen molar-refractivity contribution < 1.29 is 4.74 Å². The quantitative estimate of drug-likeness (QED) is 0.900. The number of nitrogens with one attached hydrogen (secondary N) is 1. The molecule has 1 atom stereocenters. The Morgan fingerprint density at radius 1 is 1.19 bits per heavy atom. The summed E-state index contributed by atoms with van der Waals surface area (Å²) in [5.74, 6) is 2.62. The number of pyridine rings is 1. The van der Waals surface area contributed by atoms with Gasteiger partial charge in [-0.3, -0.25) is 4.98 Å². The van der Waals surface area contributed by atoms with Crippen LogP contribution >= 0.6 is 0 Å². The zero-order valence-corrected chi connectivity index (χ0v) is 11.9. The highest BCUT2D eigenvalue weighted by atomic mass is 16.5. The van der Waals surface area contributed by atoms with Crippen LogP contribution in [0.2, 0.25) is 0 Å². The van der Waals surface area contributed by atoms with Crippen LogP contribution in [0.1, 0.15) is 42.0 Å². The molecule has 1 saturated heterocycles. The molecule has 0 saturated carbocycles. The number of aromatic nitrogens is 4. The van der Waals surface area contributed by atoms with Gasteiger partial charge < -0.3 is 14.6 Å². The van der Waals surface area contributed by atoms with Gasteiger partial charge in [-0.1, -0.05) is 6.07 Å². The number of hydrogen-bond donors (Lipinski definition) is 1. The fourth-order valence-corrected chi connectivity index (χ4v) is 3.25. The van der Waals surface area contributed by atoms with Crippen LogP contribution in [-0.4, -0.2) is 39.5 Å². The van der Waals surface area contributed by atoms with E-state index in [4.69, 9.17) is 4.74 Å². The molecule has 4 rings (SSSR count). The molecule has 1 N–H and O–H groups in total. The standard InChI is InChI=1S/C15H19N5O/c1-2-12(10-16-5-1)13-15-19-18-14(20(15)7-6-17-13)11-3-8-21-9-4-11/h1-2,5,10-11,13,17H,3-4,6-9H2. The lowest BCUT2D eigenvalue weighted by Crippen LogP contribution is -2.35. The first-order chi connectivity index (χ1) is 10.4. The molecule has 6 heteroatoms. The maximum absolute atomic E-state index is 5.45. The molecule has 0 aromatic carbocycles. The van der Waals surface area contributed by atoms with Crippen LogP contribution in [0, 0.1) is 0 Å². The van der Waals surface area contributed by atoms with Crippen LogP contribution in [0.15, 0.2) is 24.5 Å². The van der Waals surface area contributed by atoms with Gasteiger partial charge in [-0.15, -0.1) is 10.2 Å². The van der Waals surface area contributed by atoms with Crippen molar-refractivity contribution in [1.29, 1.82) is 0 Å². The Balaban J connectivity index is 1.68. The first-order valence-corrected chi connectivity index (χ1v) is 7.57. The number of nitrogens with zero attached hydrogens (tertiary/aromatic N) is 4. The Labute approximate surface area is 123 Å². The van der Waals surface area contributed by atoms with Crippen LogP contribution in [0.4, 0.5) is 0 Å². The van der Waals surface area contributed by atoms with Gasteiger partial charge >= 0.3 is 0 Å². The first kappa shape index (κ1) is 12.9. The first-order valence-electron chi connectivity index (χ1n) is 7.57. The summed E-state index contributed by atoms with van der Waals surface area (Å²) in [6.45, 7) is 3.53. The Kier molecular flexibility index (Phi) is 3.40. The predicted octanol–water partition coefficient (Wildman–Crippen LogP) is 1.26. The predicted molar refractivity (Wildman–Crippen MR) is 76.9 cm³/mol. The number of hydrogen-bond acceptors (Lipinski definition) is 5. The van der Waals surface area contributed by atoms with Crippen molar-refractivity contribution in [2.24, 2.45) is 0 Å². The van der Waals surface area contributed by atoms with E-state index < -0.39 is 0 Å². The van der Waals surface area contributed by atoms with Gasteiger partial charge in [0.25, 0.3) is 0 Å². The van der Waals surface area contributed by atoms with E-state index in [2.05, 4.69) is 31.1 Å². The fraction of sp³-hybridized carbons (Fsp3) is 0.533. The van der Waals surface area contributed by atoms with Crippen LogP contribution in [0.5, 0.6) is 0 Å². The molecule has 4 heterocycles. The van der Waals surface area contributed by atoms with E-state index in [-0.39, 0.29) is 6.04 Å². The van der Waals surface area contributed by atoms with Gasteiger partial charge in [0.05, 0.1) is 6.04 Å². The summed E-state index contributed by atoms with van der Waals surface area (Å²) in [6.07, 6.45) is 5.78. The summed E-state index contributed by atoms with van der Waals surface area (Å²) >= 11 is 0. The van der Waals surface area contributed by atoms with E-state index >= 15 is 0 Å². The molecular formula is C15H19N5O. The second-order valence-corrected chi connectivity index (χ2v) is 5.63. The largest absolute Gasteiger partial charge is 0.381 e. The third kappa shape index (κ3) is 2.34. The second-order valence-electron chi connectivity index (χ2n) is 5.63. The molecule has 0 aliphatic carbocycles. The summed E-state index contributed by atoms with van der Waals surface area (Å²) in [7, 11) is 0. The molecule has 6 nitrogen and oxygen atoms in total. The van der Waals surface area contributed by atoms with E-state index in [0.717, 1.165) is 56.4 Å². The van der Waals surface area contributed by atoms with E-state index in [0.29, 0.717) is 5.92 Å². The monoisotopic (exact) mass is 285 g/mol. The molecular weight excluding hydrogens is 266 g/mol.